The van der Waals surface area contributed by atoms with Gasteiger partial charge in [-0.05, 0) is 21.5 Å². The molecular formula is C10H9BrN2O3. The van der Waals surface area contributed by atoms with Gasteiger partial charge in [-0.1, -0.05) is 12.1 Å². The normalized spacial score (nSPS) is 19.6. The molecule has 1 N–H and O–H groups in total. The van der Waals surface area contributed by atoms with E-state index in [9.17, 15) is 14.9 Å². The Balaban J connectivity index is 2.38. The second kappa shape index (κ2) is 4.21. The van der Waals surface area contributed by atoms with Gasteiger partial charge in [0.2, 0.25) is 5.91 Å². The van der Waals surface area contributed by atoms with E-state index >= 15 is 0 Å². The predicted octanol–water partition coefficient (Wildman–Crippen LogP) is 1.96. The fourth-order valence-corrected chi connectivity index (χ4v) is 2.55. The molecule has 0 spiro atoms. The molecule has 0 bridgehead atoms. The quantitative estimate of drug-likeness (QED) is 0.667. The van der Waals surface area contributed by atoms with Crippen LogP contribution in [0.1, 0.15) is 17.9 Å². The van der Waals surface area contributed by atoms with Crippen molar-refractivity contribution in [3.63, 3.8) is 0 Å². The van der Waals surface area contributed by atoms with Gasteiger partial charge < -0.3 is 5.32 Å². The van der Waals surface area contributed by atoms with Crippen LogP contribution in [0.25, 0.3) is 0 Å². The van der Waals surface area contributed by atoms with Crippen molar-refractivity contribution >= 4 is 27.5 Å². The summed E-state index contributed by atoms with van der Waals surface area (Å²) in [5.41, 5.74) is 0.851. The molecule has 5 nitrogen and oxygen atoms in total. The molecule has 6 heteroatoms. The first kappa shape index (κ1) is 11.1. The van der Waals surface area contributed by atoms with Crippen LogP contribution in [0.5, 0.6) is 0 Å². The fraction of sp³-hybridized carbons (Fsp3) is 0.300. The highest BCUT2D eigenvalue weighted by Crippen LogP contribution is 2.35. The highest BCUT2D eigenvalue weighted by atomic mass is 79.9. The standard InChI is InChI=1S/C10H9BrN2O3/c11-10-7(6-4-9(14)12-5-6)2-1-3-8(10)13(15)16/h1-3,6H,4-5H2,(H,12,14). The number of amides is 1. The number of nitro groups is 1. The zero-order chi connectivity index (χ0) is 11.7. The van der Waals surface area contributed by atoms with Gasteiger partial charge in [-0.15, -0.1) is 0 Å². The van der Waals surface area contributed by atoms with Gasteiger partial charge >= 0.3 is 0 Å². The summed E-state index contributed by atoms with van der Waals surface area (Å²) in [6.45, 7) is 0.540. The van der Waals surface area contributed by atoms with E-state index < -0.39 is 4.92 Å². The molecule has 1 fully saturated rings. The van der Waals surface area contributed by atoms with Crippen LogP contribution in [0.15, 0.2) is 22.7 Å². The molecule has 84 valence electrons. The lowest BCUT2D eigenvalue weighted by Crippen LogP contribution is -2.13. The van der Waals surface area contributed by atoms with Crippen molar-refractivity contribution in [3.05, 3.63) is 38.3 Å². The molecule has 1 unspecified atom stereocenters. The Morgan fingerprint density at radius 2 is 2.25 bits per heavy atom. The number of benzene rings is 1. The van der Waals surface area contributed by atoms with E-state index in [0.29, 0.717) is 17.4 Å². The second-order valence-electron chi connectivity index (χ2n) is 3.64. The first-order chi connectivity index (χ1) is 7.59. The van der Waals surface area contributed by atoms with Gasteiger partial charge in [0.1, 0.15) is 0 Å². The SMILES string of the molecule is O=C1CC(c2cccc([N+](=O)[O-])c2Br)CN1. The summed E-state index contributed by atoms with van der Waals surface area (Å²) in [5.74, 6) is 0.00480. The lowest BCUT2D eigenvalue weighted by molar-refractivity contribution is -0.385. The van der Waals surface area contributed by atoms with Crippen LogP contribution in [0, 0.1) is 10.1 Å². The average molecular weight is 285 g/mol. The monoisotopic (exact) mass is 284 g/mol. The molecule has 1 amide bonds. The Kier molecular flexibility index (Phi) is 2.91. The van der Waals surface area contributed by atoms with Gasteiger partial charge in [-0.2, -0.15) is 0 Å². The van der Waals surface area contributed by atoms with E-state index in [-0.39, 0.29) is 17.5 Å². The molecule has 0 saturated carbocycles. The van der Waals surface area contributed by atoms with Crippen molar-refractivity contribution in [2.75, 3.05) is 6.54 Å². The minimum absolute atomic E-state index is 0.0107. The van der Waals surface area contributed by atoms with Crippen LogP contribution in [0.2, 0.25) is 0 Å². The molecule has 1 aromatic carbocycles. The number of hydrogen-bond acceptors (Lipinski definition) is 3. The van der Waals surface area contributed by atoms with E-state index in [2.05, 4.69) is 21.2 Å². The molecule has 2 rings (SSSR count). The highest BCUT2D eigenvalue weighted by molar-refractivity contribution is 9.10. The first-order valence-corrected chi connectivity index (χ1v) is 5.58. The molecule has 1 saturated heterocycles. The van der Waals surface area contributed by atoms with Crippen LogP contribution >= 0.6 is 15.9 Å². The number of nitro benzene ring substituents is 1. The van der Waals surface area contributed by atoms with Crippen molar-refractivity contribution in [1.29, 1.82) is 0 Å². The van der Waals surface area contributed by atoms with Gasteiger partial charge in [0, 0.05) is 24.9 Å². The second-order valence-corrected chi connectivity index (χ2v) is 4.44. The van der Waals surface area contributed by atoms with Crippen molar-refractivity contribution in [2.24, 2.45) is 0 Å². The van der Waals surface area contributed by atoms with Gasteiger partial charge in [0.05, 0.1) is 9.40 Å². The van der Waals surface area contributed by atoms with E-state index in [0.717, 1.165) is 5.56 Å². The molecule has 16 heavy (non-hydrogen) atoms. The predicted molar refractivity (Wildman–Crippen MR) is 61.2 cm³/mol. The number of rotatable bonds is 2. The van der Waals surface area contributed by atoms with Gasteiger partial charge in [0.25, 0.3) is 5.69 Å². The topological polar surface area (TPSA) is 72.2 Å². The Labute approximate surface area is 100 Å². The maximum Gasteiger partial charge on any atom is 0.283 e. The number of nitrogens with one attached hydrogen (secondary N) is 1. The Bertz CT molecular complexity index is 461. The van der Waals surface area contributed by atoms with Gasteiger partial charge in [-0.25, -0.2) is 0 Å². The maximum atomic E-state index is 11.1. The van der Waals surface area contributed by atoms with E-state index in [1.54, 1.807) is 6.07 Å². The summed E-state index contributed by atoms with van der Waals surface area (Å²) in [6, 6.07) is 4.89. The lowest BCUT2D eigenvalue weighted by atomic mass is 9.98. The lowest BCUT2D eigenvalue weighted by Gasteiger charge is -2.09. The summed E-state index contributed by atoms with van der Waals surface area (Å²) >= 11 is 3.23. The van der Waals surface area contributed by atoms with Crippen molar-refractivity contribution in [2.45, 2.75) is 12.3 Å². The summed E-state index contributed by atoms with van der Waals surface area (Å²) < 4.78 is 0.474. The molecule has 1 aliphatic heterocycles. The number of carbonyl (C=O) groups excluding carboxylic acids is 1. The Morgan fingerprint density at radius 3 is 2.81 bits per heavy atom. The number of hydrogen-bond donors (Lipinski definition) is 1. The zero-order valence-corrected chi connectivity index (χ0v) is 9.86. The Hall–Kier alpha value is -1.43. The van der Waals surface area contributed by atoms with E-state index in [1.807, 2.05) is 6.07 Å². The molecule has 1 aliphatic rings. The Morgan fingerprint density at radius 1 is 1.50 bits per heavy atom. The van der Waals surface area contributed by atoms with Gasteiger partial charge in [-0.3, -0.25) is 14.9 Å². The fourth-order valence-electron chi connectivity index (χ4n) is 1.82. The summed E-state index contributed by atoms with van der Waals surface area (Å²) in [7, 11) is 0. The molecule has 0 radical (unpaired) electrons. The largest absolute Gasteiger partial charge is 0.355 e. The highest BCUT2D eigenvalue weighted by Gasteiger charge is 2.27. The molecular weight excluding hydrogens is 276 g/mol. The minimum Gasteiger partial charge on any atom is -0.355 e. The van der Waals surface area contributed by atoms with Gasteiger partial charge in [0.15, 0.2) is 0 Å². The van der Waals surface area contributed by atoms with E-state index in [4.69, 9.17) is 0 Å². The smallest absolute Gasteiger partial charge is 0.283 e. The van der Waals surface area contributed by atoms with Crippen LogP contribution in [-0.4, -0.2) is 17.4 Å². The van der Waals surface area contributed by atoms with Crippen molar-refractivity contribution < 1.29 is 9.72 Å². The molecule has 1 aromatic rings. The van der Waals surface area contributed by atoms with Crippen molar-refractivity contribution in [1.82, 2.24) is 5.32 Å². The third-order valence-electron chi connectivity index (χ3n) is 2.62. The molecule has 1 heterocycles. The number of nitrogens with zero attached hydrogens (tertiary/aromatic N) is 1. The molecule has 0 aromatic heterocycles. The van der Waals surface area contributed by atoms with E-state index in [1.165, 1.54) is 6.07 Å². The molecule has 0 aliphatic carbocycles. The van der Waals surface area contributed by atoms with Crippen LogP contribution < -0.4 is 5.32 Å². The number of halogens is 1. The van der Waals surface area contributed by atoms with Crippen LogP contribution in [0.4, 0.5) is 5.69 Å². The third kappa shape index (κ3) is 1.92. The first-order valence-electron chi connectivity index (χ1n) is 4.79. The van der Waals surface area contributed by atoms with Crippen LogP contribution in [-0.2, 0) is 4.79 Å². The van der Waals surface area contributed by atoms with Crippen LogP contribution in [0.3, 0.4) is 0 Å². The molecule has 1 atom stereocenters. The summed E-state index contributed by atoms with van der Waals surface area (Å²) in [4.78, 5) is 21.4. The maximum absolute atomic E-state index is 11.1. The average Bonchev–Trinajstić information content (AvgIpc) is 2.64. The summed E-state index contributed by atoms with van der Waals surface area (Å²) in [6.07, 6.45) is 0.389. The minimum atomic E-state index is -0.433. The summed E-state index contributed by atoms with van der Waals surface area (Å²) in [5, 5.41) is 13.5. The third-order valence-corrected chi connectivity index (χ3v) is 3.49. The van der Waals surface area contributed by atoms with Crippen molar-refractivity contribution in [3.8, 4) is 0 Å². The number of carbonyl (C=O) groups is 1. The zero-order valence-electron chi connectivity index (χ0n) is 8.27.